The summed E-state index contributed by atoms with van der Waals surface area (Å²) < 4.78 is 43.9. The molecule has 3 aliphatic heterocycles. The van der Waals surface area contributed by atoms with Crippen molar-refractivity contribution < 1.29 is 27.2 Å². The minimum Gasteiger partial charge on any atom is -0.377 e. The van der Waals surface area contributed by atoms with Crippen molar-refractivity contribution in [3.05, 3.63) is 71.0 Å². The van der Waals surface area contributed by atoms with E-state index in [4.69, 9.17) is 0 Å². The quantitative estimate of drug-likeness (QED) is 0.466. The molecule has 3 heterocycles. The molecule has 2 fully saturated rings. The fraction of sp³-hybridized carbons (Fsp3) is 0.367. The number of fused-ring (bicyclic) bond motifs is 2. The van der Waals surface area contributed by atoms with E-state index in [1.165, 1.54) is 21.3 Å². The Labute approximate surface area is 238 Å². The second-order valence-corrected chi connectivity index (χ2v) is 13.0. The average Bonchev–Trinajstić information content (AvgIpc) is 3.27. The molecule has 0 aliphatic carbocycles. The number of nitrogens with one attached hydrogen (secondary N) is 1. The van der Waals surface area contributed by atoms with Crippen molar-refractivity contribution in [3.8, 4) is 0 Å². The number of halogens is 1. The number of amides is 3. The van der Waals surface area contributed by atoms with Gasteiger partial charge in [-0.2, -0.15) is 4.31 Å². The van der Waals surface area contributed by atoms with E-state index >= 15 is 0 Å². The van der Waals surface area contributed by atoms with Crippen LogP contribution in [0, 0.1) is 5.82 Å². The molecule has 3 amide bonds. The monoisotopic (exact) mass is 578 g/mol. The molecule has 3 aliphatic rings. The van der Waals surface area contributed by atoms with Gasteiger partial charge < -0.3 is 9.80 Å². The highest BCUT2D eigenvalue weighted by molar-refractivity contribution is 7.89. The van der Waals surface area contributed by atoms with Crippen LogP contribution in [0.5, 0.6) is 0 Å². The molecule has 214 valence electrons. The molecule has 0 bridgehead atoms. The predicted octanol–water partition coefficient (Wildman–Crippen LogP) is 3.37. The highest BCUT2D eigenvalue weighted by Crippen LogP contribution is 2.39. The number of hydrogen-bond acceptors (Lipinski definition) is 6. The van der Waals surface area contributed by atoms with Crippen molar-refractivity contribution in [1.82, 2.24) is 14.5 Å². The lowest BCUT2D eigenvalue weighted by Gasteiger charge is -2.33. The van der Waals surface area contributed by atoms with Gasteiger partial charge in [0, 0.05) is 62.2 Å². The third kappa shape index (κ3) is 4.66. The SMILES string of the molecule is CN(C)c1cccc2c(S(=O)(=O)N3CCC(c4cc(F)cc5c4CN(C4CCC(=O)NC4=O)C5=O)CC3)cccc12. The van der Waals surface area contributed by atoms with Crippen LogP contribution in [0.2, 0.25) is 0 Å². The minimum atomic E-state index is -3.79. The number of rotatable bonds is 5. The molecule has 9 nitrogen and oxygen atoms in total. The first-order chi connectivity index (χ1) is 19.6. The number of imide groups is 1. The molecule has 3 aromatic rings. The zero-order valence-corrected chi connectivity index (χ0v) is 23.7. The first-order valence-electron chi connectivity index (χ1n) is 13.7. The second kappa shape index (κ2) is 10.2. The highest BCUT2D eigenvalue weighted by atomic mass is 32.2. The number of carbonyl (C=O) groups is 3. The number of nitrogens with zero attached hydrogens (tertiary/aromatic N) is 3. The number of anilines is 1. The van der Waals surface area contributed by atoms with Crippen LogP contribution in [0.25, 0.3) is 10.8 Å². The van der Waals surface area contributed by atoms with E-state index in [-0.39, 0.29) is 54.8 Å². The standard InChI is InChI=1S/C30H31FN4O5S/c1-33(2)25-7-3-6-21-20(25)5-4-8-27(21)41(39,40)34-13-11-18(12-14-34)22-15-19(31)16-23-24(22)17-35(30(23)38)26-9-10-28(36)32-29(26)37/h3-8,15-16,18,26H,9-14,17H2,1-2H3,(H,32,36,37). The molecule has 3 aromatic carbocycles. The summed E-state index contributed by atoms with van der Waals surface area (Å²) in [4.78, 5) is 40.9. The lowest BCUT2D eigenvalue weighted by molar-refractivity contribution is -0.136. The normalized spacial score (nSPS) is 20.4. The molecule has 0 radical (unpaired) electrons. The third-order valence-electron chi connectivity index (χ3n) is 8.51. The molecule has 0 aromatic heterocycles. The van der Waals surface area contributed by atoms with Gasteiger partial charge >= 0.3 is 0 Å². The van der Waals surface area contributed by atoms with Crippen LogP contribution in [0.1, 0.15) is 53.1 Å². The number of sulfonamides is 1. The van der Waals surface area contributed by atoms with E-state index in [9.17, 15) is 27.2 Å². The van der Waals surface area contributed by atoms with E-state index in [0.717, 1.165) is 11.1 Å². The minimum absolute atomic E-state index is 0.137. The summed E-state index contributed by atoms with van der Waals surface area (Å²) in [5.74, 6) is -2.00. The fourth-order valence-corrected chi connectivity index (χ4v) is 8.12. The summed E-state index contributed by atoms with van der Waals surface area (Å²) in [6, 6.07) is 12.8. The molecule has 2 saturated heterocycles. The number of piperidine rings is 2. The molecule has 1 unspecified atom stereocenters. The molecular weight excluding hydrogens is 547 g/mol. The predicted molar refractivity (Wildman–Crippen MR) is 151 cm³/mol. The van der Waals surface area contributed by atoms with Gasteiger partial charge in [-0.05, 0) is 60.6 Å². The molecule has 41 heavy (non-hydrogen) atoms. The van der Waals surface area contributed by atoms with Crippen LogP contribution >= 0.6 is 0 Å². The van der Waals surface area contributed by atoms with Crippen molar-refractivity contribution in [2.75, 3.05) is 32.1 Å². The average molecular weight is 579 g/mol. The summed E-state index contributed by atoms with van der Waals surface area (Å²) in [5.41, 5.74) is 2.51. The first kappa shape index (κ1) is 27.3. The lowest BCUT2D eigenvalue weighted by Crippen LogP contribution is -2.52. The molecule has 11 heteroatoms. The Morgan fingerprint density at radius 2 is 1.66 bits per heavy atom. The summed E-state index contributed by atoms with van der Waals surface area (Å²) in [5, 5.41) is 3.80. The van der Waals surface area contributed by atoms with Gasteiger partial charge in [0.1, 0.15) is 11.9 Å². The van der Waals surface area contributed by atoms with Gasteiger partial charge in [-0.25, -0.2) is 12.8 Å². The summed E-state index contributed by atoms with van der Waals surface area (Å²) >= 11 is 0. The van der Waals surface area contributed by atoms with E-state index in [0.29, 0.717) is 29.4 Å². The van der Waals surface area contributed by atoms with Crippen molar-refractivity contribution >= 4 is 44.2 Å². The van der Waals surface area contributed by atoms with Gasteiger partial charge in [0.25, 0.3) is 5.91 Å². The van der Waals surface area contributed by atoms with Crippen LogP contribution in [0.15, 0.2) is 53.4 Å². The van der Waals surface area contributed by atoms with E-state index in [1.54, 1.807) is 12.1 Å². The van der Waals surface area contributed by atoms with Gasteiger partial charge in [-0.1, -0.05) is 24.3 Å². The van der Waals surface area contributed by atoms with Gasteiger partial charge in [0.2, 0.25) is 21.8 Å². The summed E-state index contributed by atoms with van der Waals surface area (Å²) in [7, 11) is 0.0437. The number of benzene rings is 3. The Hall–Kier alpha value is -3.83. The van der Waals surface area contributed by atoms with Crippen LogP contribution in [0.3, 0.4) is 0 Å². The summed E-state index contributed by atoms with van der Waals surface area (Å²) in [6.45, 7) is 0.665. The van der Waals surface area contributed by atoms with Crippen molar-refractivity contribution in [2.45, 2.75) is 49.1 Å². The van der Waals surface area contributed by atoms with Gasteiger partial charge in [-0.15, -0.1) is 0 Å². The zero-order chi connectivity index (χ0) is 29.1. The van der Waals surface area contributed by atoms with Crippen LogP contribution in [-0.2, 0) is 26.2 Å². The topological polar surface area (TPSA) is 107 Å². The maximum atomic E-state index is 14.8. The molecule has 6 rings (SSSR count). The Bertz CT molecular complexity index is 1700. The fourth-order valence-electron chi connectivity index (χ4n) is 6.44. The second-order valence-electron chi connectivity index (χ2n) is 11.1. The Morgan fingerprint density at radius 1 is 0.951 bits per heavy atom. The van der Waals surface area contributed by atoms with Crippen LogP contribution in [-0.4, -0.2) is 68.6 Å². The Morgan fingerprint density at radius 3 is 2.37 bits per heavy atom. The smallest absolute Gasteiger partial charge is 0.255 e. The van der Waals surface area contributed by atoms with E-state index < -0.39 is 33.7 Å². The first-order valence-corrected chi connectivity index (χ1v) is 15.2. The Kier molecular flexibility index (Phi) is 6.82. The number of hydrogen-bond donors (Lipinski definition) is 1. The molecular formula is C30H31FN4O5S. The largest absolute Gasteiger partial charge is 0.377 e. The third-order valence-corrected chi connectivity index (χ3v) is 10.5. The van der Waals surface area contributed by atoms with E-state index in [2.05, 4.69) is 5.32 Å². The van der Waals surface area contributed by atoms with Crippen molar-refractivity contribution in [2.24, 2.45) is 0 Å². The van der Waals surface area contributed by atoms with Crippen molar-refractivity contribution in [1.29, 1.82) is 0 Å². The summed E-state index contributed by atoms with van der Waals surface area (Å²) in [6.07, 6.45) is 1.30. The van der Waals surface area contributed by atoms with Gasteiger partial charge in [-0.3, -0.25) is 19.7 Å². The van der Waals surface area contributed by atoms with Gasteiger partial charge in [0.15, 0.2) is 0 Å². The molecule has 0 saturated carbocycles. The van der Waals surface area contributed by atoms with Crippen LogP contribution < -0.4 is 10.2 Å². The molecule has 0 spiro atoms. The lowest BCUT2D eigenvalue weighted by atomic mass is 9.86. The van der Waals surface area contributed by atoms with Crippen LogP contribution in [0.4, 0.5) is 10.1 Å². The van der Waals surface area contributed by atoms with Crippen molar-refractivity contribution in [3.63, 3.8) is 0 Å². The molecule has 1 atom stereocenters. The number of carbonyl (C=O) groups excluding carboxylic acids is 3. The maximum Gasteiger partial charge on any atom is 0.255 e. The molecule has 1 N–H and O–H groups in total. The maximum absolute atomic E-state index is 14.8. The Balaban J connectivity index is 1.24. The van der Waals surface area contributed by atoms with E-state index in [1.807, 2.05) is 43.3 Å². The zero-order valence-electron chi connectivity index (χ0n) is 22.9. The van der Waals surface area contributed by atoms with Gasteiger partial charge in [0.05, 0.1) is 4.90 Å². The highest BCUT2D eigenvalue weighted by Gasteiger charge is 2.41.